The zero-order chi connectivity index (χ0) is 13.0. The summed E-state index contributed by atoms with van der Waals surface area (Å²) in [7, 11) is 1.69. The number of aryl methyl sites for hydroxylation is 1. The number of ether oxygens (including phenoxy) is 1. The summed E-state index contributed by atoms with van der Waals surface area (Å²) in [4.78, 5) is 4.44. The van der Waals surface area contributed by atoms with Crippen molar-refractivity contribution in [3.05, 3.63) is 24.3 Å². The van der Waals surface area contributed by atoms with Crippen LogP contribution in [0.4, 0.5) is 5.95 Å². The molecule has 0 saturated carbocycles. The van der Waals surface area contributed by atoms with Crippen molar-refractivity contribution in [2.45, 2.75) is 20.4 Å². The van der Waals surface area contributed by atoms with Gasteiger partial charge in [0, 0.05) is 26.0 Å². The molecule has 2 heterocycles. The van der Waals surface area contributed by atoms with Crippen molar-refractivity contribution in [3.8, 4) is 5.69 Å². The van der Waals surface area contributed by atoms with Crippen molar-refractivity contribution in [2.24, 2.45) is 0 Å². The first kappa shape index (κ1) is 12.6. The third-order valence-electron chi connectivity index (χ3n) is 2.58. The van der Waals surface area contributed by atoms with Crippen molar-refractivity contribution in [1.29, 1.82) is 0 Å². The summed E-state index contributed by atoms with van der Waals surface area (Å²) in [6, 6.07) is 0. The van der Waals surface area contributed by atoms with E-state index < -0.39 is 0 Å². The quantitative estimate of drug-likeness (QED) is 0.842. The van der Waals surface area contributed by atoms with Crippen molar-refractivity contribution < 1.29 is 4.74 Å². The largest absolute Gasteiger partial charge is 0.383 e. The second-order valence-corrected chi connectivity index (χ2v) is 4.06. The molecule has 0 aliphatic heterocycles. The molecule has 0 amide bonds. The molecule has 0 spiro atoms. The van der Waals surface area contributed by atoms with E-state index in [4.69, 9.17) is 4.74 Å². The minimum Gasteiger partial charge on any atom is -0.383 e. The van der Waals surface area contributed by atoms with E-state index >= 15 is 0 Å². The van der Waals surface area contributed by atoms with Gasteiger partial charge in [-0.2, -0.15) is 5.10 Å². The van der Waals surface area contributed by atoms with Crippen molar-refractivity contribution >= 4 is 5.95 Å². The highest BCUT2D eigenvalue weighted by molar-refractivity contribution is 5.40. The first-order valence-electron chi connectivity index (χ1n) is 6.06. The van der Waals surface area contributed by atoms with Crippen LogP contribution in [0.1, 0.15) is 12.6 Å². The molecule has 0 atom stereocenters. The third-order valence-corrected chi connectivity index (χ3v) is 2.58. The first-order valence-corrected chi connectivity index (χ1v) is 6.06. The minimum absolute atomic E-state index is 0.657. The van der Waals surface area contributed by atoms with Gasteiger partial charge in [-0.3, -0.25) is 9.25 Å². The number of methoxy groups -OCH3 is 1. The number of anilines is 1. The topological polar surface area (TPSA) is 56.9 Å². The molecule has 0 unspecified atom stereocenters. The van der Waals surface area contributed by atoms with Gasteiger partial charge in [0.1, 0.15) is 0 Å². The van der Waals surface area contributed by atoms with Crippen molar-refractivity contribution in [3.63, 3.8) is 0 Å². The Morgan fingerprint density at radius 1 is 1.39 bits per heavy atom. The molecule has 0 saturated heterocycles. The Hall–Kier alpha value is -1.82. The van der Waals surface area contributed by atoms with Crippen LogP contribution in [0, 0.1) is 6.92 Å². The van der Waals surface area contributed by atoms with E-state index in [1.807, 2.05) is 34.8 Å². The minimum atomic E-state index is 0.657. The third kappa shape index (κ3) is 2.70. The fraction of sp³-hybridized carbons (Fsp3) is 0.500. The van der Waals surface area contributed by atoms with Crippen LogP contribution in [-0.2, 0) is 11.3 Å². The van der Waals surface area contributed by atoms with E-state index in [2.05, 4.69) is 22.3 Å². The van der Waals surface area contributed by atoms with Crippen LogP contribution >= 0.6 is 0 Å². The van der Waals surface area contributed by atoms with Gasteiger partial charge in [-0.05, 0) is 13.8 Å². The van der Waals surface area contributed by atoms with Gasteiger partial charge in [-0.15, -0.1) is 0 Å². The number of imidazole rings is 1. The standard InChI is InChI=1S/C12H19N5O/c1-4-13-12-15-10(2)8-17(12)11-7-14-16(9-11)5-6-18-3/h7-9H,4-6H2,1-3H3,(H,13,15). The zero-order valence-electron chi connectivity index (χ0n) is 11.1. The van der Waals surface area contributed by atoms with Gasteiger partial charge in [0.05, 0.1) is 30.7 Å². The maximum absolute atomic E-state index is 5.03. The maximum atomic E-state index is 5.03. The van der Waals surface area contributed by atoms with Gasteiger partial charge >= 0.3 is 0 Å². The Kier molecular flexibility index (Phi) is 3.99. The molecule has 2 rings (SSSR count). The fourth-order valence-electron chi connectivity index (χ4n) is 1.76. The second kappa shape index (κ2) is 5.68. The summed E-state index contributed by atoms with van der Waals surface area (Å²) in [5.41, 5.74) is 1.98. The number of rotatable bonds is 6. The molecule has 6 nitrogen and oxygen atoms in total. The van der Waals surface area contributed by atoms with Crippen LogP contribution in [0.15, 0.2) is 18.6 Å². The second-order valence-electron chi connectivity index (χ2n) is 4.06. The SMILES string of the molecule is CCNc1nc(C)cn1-c1cnn(CCOC)c1. The molecule has 0 radical (unpaired) electrons. The Labute approximate surface area is 107 Å². The smallest absolute Gasteiger partial charge is 0.207 e. The van der Waals surface area contributed by atoms with Crippen LogP contribution in [0.3, 0.4) is 0 Å². The van der Waals surface area contributed by atoms with Gasteiger partial charge in [0.15, 0.2) is 0 Å². The number of nitrogens with zero attached hydrogens (tertiary/aromatic N) is 4. The van der Waals surface area contributed by atoms with E-state index in [0.717, 1.165) is 30.4 Å². The summed E-state index contributed by atoms with van der Waals surface area (Å²) < 4.78 is 8.91. The van der Waals surface area contributed by atoms with Crippen LogP contribution < -0.4 is 5.32 Å². The predicted molar refractivity (Wildman–Crippen MR) is 70.1 cm³/mol. The van der Waals surface area contributed by atoms with Crippen LogP contribution in [0.5, 0.6) is 0 Å². The lowest BCUT2D eigenvalue weighted by Gasteiger charge is -2.05. The van der Waals surface area contributed by atoms with Crippen LogP contribution in [0.2, 0.25) is 0 Å². The lowest BCUT2D eigenvalue weighted by Crippen LogP contribution is -2.05. The van der Waals surface area contributed by atoms with E-state index in [0.29, 0.717) is 6.61 Å². The molecule has 2 aromatic heterocycles. The van der Waals surface area contributed by atoms with Crippen LogP contribution in [0.25, 0.3) is 5.69 Å². The predicted octanol–water partition coefficient (Wildman–Crippen LogP) is 1.46. The average Bonchev–Trinajstić information content (AvgIpc) is 2.94. The Morgan fingerprint density at radius 3 is 2.94 bits per heavy atom. The lowest BCUT2D eigenvalue weighted by atomic mass is 10.5. The van der Waals surface area contributed by atoms with Gasteiger partial charge in [-0.1, -0.05) is 0 Å². The molecule has 0 fully saturated rings. The number of nitrogens with one attached hydrogen (secondary N) is 1. The average molecular weight is 249 g/mol. The molecular weight excluding hydrogens is 230 g/mol. The van der Waals surface area contributed by atoms with Gasteiger partial charge in [0.25, 0.3) is 0 Å². The summed E-state index contributed by atoms with van der Waals surface area (Å²) >= 11 is 0. The highest BCUT2D eigenvalue weighted by atomic mass is 16.5. The van der Waals surface area contributed by atoms with Gasteiger partial charge in [-0.25, -0.2) is 4.98 Å². The van der Waals surface area contributed by atoms with Crippen molar-refractivity contribution in [1.82, 2.24) is 19.3 Å². The molecule has 0 bridgehead atoms. The van der Waals surface area contributed by atoms with Crippen LogP contribution in [-0.4, -0.2) is 39.6 Å². The first-order chi connectivity index (χ1) is 8.74. The molecule has 0 aliphatic carbocycles. The maximum Gasteiger partial charge on any atom is 0.207 e. The summed E-state index contributed by atoms with van der Waals surface area (Å²) in [5.74, 6) is 0.848. The highest BCUT2D eigenvalue weighted by Crippen LogP contribution is 2.15. The molecule has 0 aliphatic rings. The summed E-state index contributed by atoms with van der Waals surface area (Å²) in [6.07, 6.45) is 5.81. The zero-order valence-corrected chi connectivity index (χ0v) is 11.1. The normalized spacial score (nSPS) is 10.8. The molecule has 0 aromatic carbocycles. The van der Waals surface area contributed by atoms with Crippen molar-refractivity contribution in [2.75, 3.05) is 25.6 Å². The van der Waals surface area contributed by atoms with Gasteiger partial charge < -0.3 is 10.1 Å². The summed E-state index contributed by atoms with van der Waals surface area (Å²) in [5, 5.41) is 7.54. The number of hydrogen-bond donors (Lipinski definition) is 1. The Morgan fingerprint density at radius 2 is 2.22 bits per heavy atom. The molecule has 98 valence electrons. The fourth-order valence-corrected chi connectivity index (χ4v) is 1.76. The Balaban J connectivity index is 2.22. The van der Waals surface area contributed by atoms with Gasteiger partial charge in [0.2, 0.25) is 5.95 Å². The molecular formula is C12H19N5O. The van der Waals surface area contributed by atoms with E-state index in [-0.39, 0.29) is 0 Å². The molecule has 6 heteroatoms. The van der Waals surface area contributed by atoms with E-state index in [1.165, 1.54) is 0 Å². The molecule has 18 heavy (non-hydrogen) atoms. The lowest BCUT2D eigenvalue weighted by molar-refractivity contribution is 0.183. The highest BCUT2D eigenvalue weighted by Gasteiger charge is 2.08. The van der Waals surface area contributed by atoms with E-state index in [1.54, 1.807) is 7.11 Å². The monoisotopic (exact) mass is 249 g/mol. The Bertz CT molecular complexity index is 502. The number of hydrogen-bond acceptors (Lipinski definition) is 4. The molecule has 1 N–H and O–H groups in total. The molecule has 2 aromatic rings. The summed E-state index contributed by atoms with van der Waals surface area (Å²) in [6.45, 7) is 6.28. The number of aromatic nitrogens is 4. The van der Waals surface area contributed by atoms with E-state index in [9.17, 15) is 0 Å².